The van der Waals surface area contributed by atoms with E-state index in [9.17, 15) is 9.59 Å². The van der Waals surface area contributed by atoms with E-state index in [1.54, 1.807) is 18.2 Å². The second-order valence-corrected chi connectivity index (χ2v) is 3.30. The van der Waals surface area contributed by atoms with Gasteiger partial charge in [0.05, 0.1) is 5.92 Å². The average Bonchev–Trinajstić information content (AvgIpc) is 2.52. The zero-order valence-electron chi connectivity index (χ0n) is 7.82. The summed E-state index contributed by atoms with van der Waals surface area (Å²) in [6.45, 7) is 1.93. The first kappa shape index (κ1) is 8.94. The van der Waals surface area contributed by atoms with Crippen LogP contribution in [0.25, 0.3) is 0 Å². The molecule has 1 aromatic carbocycles. The fourth-order valence-corrected chi connectivity index (χ4v) is 1.70. The van der Waals surface area contributed by atoms with Crippen LogP contribution in [0.2, 0.25) is 0 Å². The van der Waals surface area contributed by atoms with Gasteiger partial charge in [-0.3, -0.25) is 9.59 Å². The van der Waals surface area contributed by atoms with Crippen molar-refractivity contribution in [2.75, 3.05) is 0 Å². The maximum absolute atomic E-state index is 11.4. The molecule has 1 aromatic rings. The van der Waals surface area contributed by atoms with Crippen molar-refractivity contribution in [2.24, 2.45) is 0 Å². The monoisotopic (exact) mass is 190 g/mol. The zero-order valence-corrected chi connectivity index (χ0v) is 7.82. The molecule has 0 saturated carbocycles. The Morgan fingerprint density at radius 1 is 1.50 bits per heavy atom. The molecule has 72 valence electrons. The molecule has 0 spiro atoms. The Hall–Kier alpha value is -1.64. The van der Waals surface area contributed by atoms with E-state index in [1.165, 1.54) is 0 Å². The lowest BCUT2D eigenvalue weighted by Crippen LogP contribution is -2.08. The van der Waals surface area contributed by atoms with Gasteiger partial charge in [-0.05, 0) is 24.6 Å². The Morgan fingerprint density at radius 3 is 2.93 bits per heavy atom. The Balaban J connectivity index is 2.49. The lowest BCUT2D eigenvalue weighted by atomic mass is 9.97. The second-order valence-electron chi connectivity index (χ2n) is 3.30. The minimum absolute atomic E-state index is 0.204. The summed E-state index contributed by atoms with van der Waals surface area (Å²) >= 11 is 0. The summed E-state index contributed by atoms with van der Waals surface area (Å²) in [7, 11) is 0. The van der Waals surface area contributed by atoms with Gasteiger partial charge in [-0.25, -0.2) is 0 Å². The number of carbonyl (C=O) groups excluding carboxylic acids is 2. The minimum Gasteiger partial charge on any atom is -0.426 e. The molecule has 3 nitrogen and oxygen atoms in total. The topological polar surface area (TPSA) is 43.4 Å². The first-order valence-corrected chi connectivity index (χ1v) is 4.57. The molecule has 0 amide bonds. The van der Waals surface area contributed by atoms with Gasteiger partial charge in [0.2, 0.25) is 0 Å². The van der Waals surface area contributed by atoms with Crippen LogP contribution < -0.4 is 4.74 Å². The Labute approximate surface area is 81.7 Å². The van der Waals surface area contributed by atoms with E-state index in [2.05, 4.69) is 0 Å². The van der Waals surface area contributed by atoms with Gasteiger partial charge in [0.1, 0.15) is 12.0 Å². The Bertz CT molecular complexity index is 396. The van der Waals surface area contributed by atoms with Crippen LogP contribution >= 0.6 is 0 Å². The van der Waals surface area contributed by atoms with E-state index in [0.29, 0.717) is 17.7 Å². The molecule has 0 bridgehead atoms. The quantitative estimate of drug-likeness (QED) is 0.406. The highest BCUT2D eigenvalue weighted by Gasteiger charge is 2.31. The third-order valence-electron chi connectivity index (χ3n) is 2.45. The number of carbonyl (C=O) groups is 2. The van der Waals surface area contributed by atoms with Crippen LogP contribution in [0.15, 0.2) is 18.2 Å². The first-order valence-electron chi connectivity index (χ1n) is 4.57. The van der Waals surface area contributed by atoms with Crippen molar-refractivity contribution >= 4 is 12.3 Å². The predicted molar refractivity (Wildman–Crippen MR) is 50.5 cm³/mol. The van der Waals surface area contributed by atoms with Crippen molar-refractivity contribution < 1.29 is 14.3 Å². The van der Waals surface area contributed by atoms with Gasteiger partial charge in [0.25, 0.3) is 0 Å². The smallest absolute Gasteiger partial charge is 0.318 e. The largest absolute Gasteiger partial charge is 0.426 e. The van der Waals surface area contributed by atoms with Gasteiger partial charge in [-0.2, -0.15) is 0 Å². The molecule has 3 heteroatoms. The number of benzene rings is 1. The maximum atomic E-state index is 11.4. The van der Waals surface area contributed by atoms with E-state index >= 15 is 0 Å². The van der Waals surface area contributed by atoms with Crippen molar-refractivity contribution in [1.82, 2.24) is 0 Å². The standard InChI is InChI=1S/C11H10O3/c1-2-8-9-5-7(6-12)3-4-10(9)14-11(8)13/h3-6,8H,2H2,1H3. The van der Waals surface area contributed by atoms with Crippen LogP contribution in [0.5, 0.6) is 5.75 Å². The summed E-state index contributed by atoms with van der Waals surface area (Å²) in [6.07, 6.45) is 1.48. The number of esters is 1. The summed E-state index contributed by atoms with van der Waals surface area (Å²) in [5.41, 5.74) is 1.42. The Kier molecular flexibility index (Phi) is 2.08. The summed E-state index contributed by atoms with van der Waals surface area (Å²) in [5, 5.41) is 0. The van der Waals surface area contributed by atoms with E-state index in [4.69, 9.17) is 4.74 Å². The Morgan fingerprint density at radius 2 is 2.29 bits per heavy atom. The van der Waals surface area contributed by atoms with E-state index in [1.807, 2.05) is 6.92 Å². The number of fused-ring (bicyclic) bond motifs is 1. The zero-order chi connectivity index (χ0) is 10.1. The highest BCUT2D eigenvalue weighted by atomic mass is 16.5. The normalized spacial score (nSPS) is 18.9. The number of rotatable bonds is 2. The van der Waals surface area contributed by atoms with Crippen LogP contribution in [0, 0.1) is 0 Å². The number of hydrogen-bond donors (Lipinski definition) is 0. The molecule has 1 aliphatic rings. The summed E-state index contributed by atoms with van der Waals surface area (Å²) in [5.74, 6) is 0.169. The molecule has 1 unspecified atom stereocenters. The SMILES string of the molecule is CCC1C(=O)Oc2ccc(C=O)cc21. The van der Waals surface area contributed by atoms with E-state index in [-0.39, 0.29) is 11.9 Å². The van der Waals surface area contributed by atoms with Gasteiger partial charge in [-0.1, -0.05) is 6.92 Å². The fraction of sp³-hybridized carbons (Fsp3) is 0.273. The van der Waals surface area contributed by atoms with Gasteiger partial charge in [-0.15, -0.1) is 0 Å². The summed E-state index contributed by atoms with van der Waals surface area (Å²) < 4.78 is 5.05. The summed E-state index contributed by atoms with van der Waals surface area (Å²) in [4.78, 5) is 21.9. The molecule has 0 aromatic heterocycles. The van der Waals surface area contributed by atoms with Gasteiger partial charge < -0.3 is 4.74 Å². The van der Waals surface area contributed by atoms with Crippen molar-refractivity contribution in [3.05, 3.63) is 29.3 Å². The van der Waals surface area contributed by atoms with E-state index in [0.717, 1.165) is 11.8 Å². The van der Waals surface area contributed by atoms with Crippen molar-refractivity contribution in [2.45, 2.75) is 19.3 Å². The minimum atomic E-state index is -0.217. The first-order chi connectivity index (χ1) is 6.76. The second kappa shape index (κ2) is 3.25. The molecule has 14 heavy (non-hydrogen) atoms. The maximum Gasteiger partial charge on any atom is 0.318 e. The van der Waals surface area contributed by atoms with Crippen molar-refractivity contribution in [3.63, 3.8) is 0 Å². The van der Waals surface area contributed by atoms with Crippen LogP contribution in [0.1, 0.15) is 35.2 Å². The van der Waals surface area contributed by atoms with Crippen LogP contribution in [-0.2, 0) is 4.79 Å². The lowest BCUT2D eigenvalue weighted by Gasteiger charge is -2.02. The molecule has 0 saturated heterocycles. The highest BCUT2D eigenvalue weighted by Crippen LogP contribution is 2.36. The molecule has 1 heterocycles. The molecule has 0 N–H and O–H groups in total. The number of aldehydes is 1. The van der Waals surface area contributed by atoms with Crippen LogP contribution in [0.3, 0.4) is 0 Å². The molecule has 1 aliphatic heterocycles. The van der Waals surface area contributed by atoms with Crippen LogP contribution in [-0.4, -0.2) is 12.3 Å². The van der Waals surface area contributed by atoms with Gasteiger partial charge in [0, 0.05) is 11.1 Å². The lowest BCUT2D eigenvalue weighted by molar-refractivity contribution is -0.134. The summed E-state index contributed by atoms with van der Waals surface area (Å²) in [6, 6.07) is 5.05. The number of ether oxygens (including phenoxy) is 1. The number of hydrogen-bond acceptors (Lipinski definition) is 3. The third-order valence-corrected chi connectivity index (χ3v) is 2.45. The van der Waals surface area contributed by atoms with Crippen molar-refractivity contribution in [3.8, 4) is 5.75 Å². The van der Waals surface area contributed by atoms with Crippen molar-refractivity contribution in [1.29, 1.82) is 0 Å². The molecule has 1 atom stereocenters. The fourth-order valence-electron chi connectivity index (χ4n) is 1.70. The third kappa shape index (κ3) is 1.21. The predicted octanol–water partition coefficient (Wildman–Crippen LogP) is 1.91. The molecule has 0 radical (unpaired) electrons. The van der Waals surface area contributed by atoms with Crippen LogP contribution in [0.4, 0.5) is 0 Å². The van der Waals surface area contributed by atoms with Gasteiger partial charge >= 0.3 is 5.97 Å². The molecular formula is C11H10O3. The van der Waals surface area contributed by atoms with E-state index < -0.39 is 0 Å². The van der Waals surface area contributed by atoms with Gasteiger partial charge in [0.15, 0.2) is 0 Å². The molecular weight excluding hydrogens is 180 g/mol. The highest BCUT2D eigenvalue weighted by molar-refractivity contribution is 5.87. The molecule has 0 aliphatic carbocycles. The molecule has 0 fully saturated rings. The molecule has 2 rings (SSSR count). The average molecular weight is 190 g/mol.